The normalized spacial score (nSPS) is 9.81. The van der Waals surface area contributed by atoms with Crippen LogP contribution in [-0.2, 0) is 0 Å². The Labute approximate surface area is 94.4 Å². The van der Waals surface area contributed by atoms with Gasteiger partial charge in [-0.1, -0.05) is 29.8 Å². The predicted octanol–water partition coefficient (Wildman–Crippen LogP) is 2.63. The molecular formula is C13H11N3. The van der Waals surface area contributed by atoms with Crippen LogP contribution in [0, 0.1) is 25.2 Å². The van der Waals surface area contributed by atoms with E-state index in [0.29, 0.717) is 0 Å². The Kier molecular flexibility index (Phi) is 2.65. The molecule has 0 fully saturated rings. The molecule has 0 unspecified atom stereocenters. The highest BCUT2D eigenvalue weighted by molar-refractivity contribution is 5.60. The summed E-state index contributed by atoms with van der Waals surface area (Å²) in [5.41, 5.74) is 3.81. The molecule has 2 aromatic rings. The van der Waals surface area contributed by atoms with E-state index in [-0.39, 0.29) is 5.82 Å². The molecular weight excluding hydrogens is 198 g/mol. The molecule has 78 valence electrons. The van der Waals surface area contributed by atoms with Crippen molar-refractivity contribution in [3.63, 3.8) is 0 Å². The Morgan fingerprint density at radius 1 is 1.06 bits per heavy atom. The first-order chi connectivity index (χ1) is 7.69. The van der Waals surface area contributed by atoms with Crippen molar-refractivity contribution in [2.45, 2.75) is 13.8 Å². The molecule has 0 bridgehead atoms. The molecule has 0 N–H and O–H groups in total. The highest BCUT2D eigenvalue weighted by Gasteiger charge is 2.03. The SMILES string of the molecule is Cc1ccc(-c2cc(C)nc(C#N)n2)cc1. The van der Waals surface area contributed by atoms with Gasteiger partial charge in [0, 0.05) is 11.3 Å². The number of rotatable bonds is 1. The Bertz CT molecular complexity index is 550. The molecule has 0 saturated heterocycles. The number of benzene rings is 1. The molecule has 0 amide bonds. The molecule has 2 rings (SSSR count). The van der Waals surface area contributed by atoms with Gasteiger partial charge in [-0.25, -0.2) is 9.97 Å². The van der Waals surface area contributed by atoms with E-state index < -0.39 is 0 Å². The summed E-state index contributed by atoms with van der Waals surface area (Å²) < 4.78 is 0. The van der Waals surface area contributed by atoms with Crippen LogP contribution in [0.1, 0.15) is 17.1 Å². The first-order valence-corrected chi connectivity index (χ1v) is 5.02. The van der Waals surface area contributed by atoms with Crippen LogP contribution in [-0.4, -0.2) is 9.97 Å². The van der Waals surface area contributed by atoms with E-state index in [4.69, 9.17) is 5.26 Å². The monoisotopic (exact) mass is 209 g/mol. The van der Waals surface area contributed by atoms with Crippen LogP contribution >= 0.6 is 0 Å². The predicted molar refractivity (Wildman–Crippen MR) is 61.7 cm³/mol. The van der Waals surface area contributed by atoms with E-state index in [1.807, 2.05) is 50.2 Å². The molecule has 1 aromatic heterocycles. The summed E-state index contributed by atoms with van der Waals surface area (Å²) in [4.78, 5) is 8.20. The topological polar surface area (TPSA) is 49.6 Å². The maximum Gasteiger partial charge on any atom is 0.232 e. The smallest absolute Gasteiger partial charge is 0.224 e. The minimum absolute atomic E-state index is 0.218. The number of hydrogen-bond acceptors (Lipinski definition) is 3. The largest absolute Gasteiger partial charge is 0.232 e. The van der Waals surface area contributed by atoms with Crippen molar-refractivity contribution in [3.8, 4) is 17.3 Å². The fraction of sp³-hybridized carbons (Fsp3) is 0.154. The average molecular weight is 209 g/mol. The minimum Gasteiger partial charge on any atom is -0.224 e. The van der Waals surface area contributed by atoms with E-state index in [2.05, 4.69) is 9.97 Å². The average Bonchev–Trinajstić information content (AvgIpc) is 2.29. The molecule has 0 radical (unpaired) electrons. The molecule has 3 heteroatoms. The van der Waals surface area contributed by atoms with Gasteiger partial charge < -0.3 is 0 Å². The lowest BCUT2D eigenvalue weighted by molar-refractivity contribution is 1.06. The van der Waals surface area contributed by atoms with Crippen molar-refractivity contribution in [1.82, 2.24) is 9.97 Å². The second-order valence-electron chi connectivity index (χ2n) is 3.70. The molecule has 0 aliphatic carbocycles. The van der Waals surface area contributed by atoms with Gasteiger partial charge in [0.15, 0.2) is 0 Å². The third kappa shape index (κ3) is 2.06. The fourth-order valence-electron chi connectivity index (χ4n) is 1.49. The van der Waals surface area contributed by atoms with Crippen molar-refractivity contribution in [1.29, 1.82) is 5.26 Å². The first kappa shape index (κ1) is 10.3. The Morgan fingerprint density at radius 3 is 2.38 bits per heavy atom. The third-order valence-corrected chi connectivity index (χ3v) is 2.30. The molecule has 0 aliphatic heterocycles. The zero-order valence-electron chi connectivity index (χ0n) is 9.23. The molecule has 1 aromatic carbocycles. The number of hydrogen-bond donors (Lipinski definition) is 0. The molecule has 0 spiro atoms. The van der Waals surface area contributed by atoms with E-state index in [1.165, 1.54) is 5.56 Å². The summed E-state index contributed by atoms with van der Waals surface area (Å²) in [5, 5.41) is 8.80. The lowest BCUT2D eigenvalue weighted by Gasteiger charge is -2.02. The summed E-state index contributed by atoms with van der Waals surface area (Å²) in [6.45, 7) is 3.90. The Morgan fingerprint density at radius 2 is 1.75 bits per heavy atom. The van der Waals surface area contributed by atoms with Crippen LogP contribution in [0.15, 0.2) is 30.3 Å². The van der Waals surface area contributed by atoms with Gasteiger partial charge in [-0.05, 0) is 19.9 Å². The van der Waals surface area contributed by atoms with Gasteiger partial charge in [0.05, 0.1) is 5.69 Å². The van der Waals surface area contributed by atoms with Crippen LogP contribution in [0.5, 0.6) is 0 Å². The molecule has 0 aliphatic rings. The lowest BCUT2D eigenvalue weighted by atomic mass is 10.1. The number of nitriles is 1. The Balaban J connectivity index is 2.52. The quantitative estimate of drug-likeness (QED) is 0.725. The summed E-state index contributed by atoms with van der Waals surface area (Å²) in [7, 11) is 0. The lowest BCUT2D eigenvalue weighted by Crippen LogP contribution is -1.94. The molecule has 1 heterocycles. The Hall–Kier alpha value is -2.21. The van der Waals surface area contributed by atoms with Crippen molar-refractivity contribution in [3.05, 3.63) is 47.4 Å². The maximum absolute atomic E-state index is 8.80. The number of nitrogens with zero attached hydrogens (tertiary/aromatic N) is 3. The van der Waals surface area contributed by atoms with Gasteiger partial charge in [-0.2, -0.15) is 5.26 Å². The van der Waals surface area contributed by atoms with Gasteiger partial charge in [-0.3, -0.25) is 0 Å². The van der Waals surface area contributed by atoms with E-state index in [9.17, 15) is 0 Å². The molecule has 16 heavy (non-hydrogen) atoms. The van der Waals surface area contributed by atoms with Crippen LogP contribution < -0.4 is 0 Å². The van der Waals surface area contributed by atoms with Gasteiger partial charge in [0.2, 0.25) is 5.82 Å². The van der Waals surface area contributed by atoms with Crippen molar-refractivity contribution in [2.75, 3.05) is 0 Å². The van der Waals surface area contributed by atoms with Crippen molar-refractivity contribution >= 4 is 0 Å². The standard InChI is InChI=1S/C13H11N3/c1-9-3-5-11(6-4-9)12-7-10(2)15-13(8-14)16-12/h3-7H,1-2H3. The van der Waals surface area contributed by atoms with Crippen LogP contribution in [0.25, 0.3) is 11.3 Å². The van der Waals surface area contributed by atoms with Gasteiger partial charge in [0.1, 0.15) is 6.07 Å². The highest BCUT2D eigenvalue weighted by Crippen LogP contribution is 2.18. The van der Waals surface area contributed by atoms with E-state index in [1.54, 1.807) is 0 Å². The summed E-state index contributed by atoms with van der Waals surface area (Å²) in [5.74, 6) is 0.218. The fourth-order valence-corrected chi connectivity index (χ4v) is 1.49. The summed E-state index contributed by atoms with van der Waals surface area (Å²) in [6, 6.07) is 11.9. The second kappa shape index (κ2) is 4.11. The molecule has 0 saturated carbocycles. The second-order valence-corrected chi connectivity index (χ2v) is 3.70. The van der Waals surface area contributed by atoms with Gasteiger partial charge in [0.25, 0.3) is 0 Å². The van der Waals surface area contributed by atoms with Crippen LogP contribution in [0.4, 0.5) is 0 Å². The van der Waals surface area contributed by atoms with Gasteiger partial charge in [-0.15, -0.1) is 0 Å². The van der Waals surface area contributed by atoms with Crippen LogP contribution in [0.3, 0.4) is 0 Å². The number of aryl methyl sites for hydroxylation is 2. The summed E-state index contributed by atoms with van der Waals surface area (Å²) >= 11 is 0. The van der Waals surface area contributed by atoms with Crippen LogP contribution in [0.2, 0.25) is 0 Å². The minimum atomic E-state index is 0.218. The summed E-state index contributed by atoms with van der Waals surface area (Å²) in [6.07, 6.45) is 0. The van der Waals surface area contributed by atoms with E-state index >= 15 is 0 Å². The first-order valence-electron chi connectivity index (χ1n) is 5.02. The van der Waals surface area contributed by atoms with E-state index in [0.717, 1.165) is 17.0 Å². The molecule has 3 nitrogen and oxygen atoms in total. The van der Waals surface area contributed by atoms with Crippen molar-refractivity contribution in [2.24, 2.45) is 0 Å². The zero-order chi connectivity index (χ0) is 11.5. The third-order valence-electron chi connectivity index (χ3n) is 2.30. The number of aromatic nitrogens is 2. The molecule has 0 atom stereocenters. The highest BCUT2D eigenvalue weighted by atomic mass is 14.9. The zero-order valence-corrected chi connectivity index (χ0v) is 9.23. The van der Waals surface area contributed by atoms with Gasteiger partial charge >= 0.3 is 0 Å². The maximum atomic E-state index is 8.80. The van der Waals surface area contributed by atoms with Crippen molar-refractivity contribution < 1.29 is 0 Å².